The lowest BCUT2D eigenvalue weighted by Gasteiger charge is -2.18. The summed E-state index contributed by atoms with van der Waals surface area (Å²) < 4.78 is 7.40. The molecule has 1 amide bonds. The average molecular weight is 340 g/mol. The van der Waals surface area contributed by atoms with Gasteiger partial charge in [0.25, 0.3) is 0 Å². The van der Waals surface area contributed by atoms with Gasteiger partial charge in [0.2, 0.25) is 5.91 Å². The standard InChI is InChI=1S/C19H20N2O2S/c1-14-7-8-17(23-2)15(12-14)20-19(22)13-16(18-6-5-11-24-18)21-9-3-4-10-21/h3-12,16H,13H2,1-2H3,(H,20,22)/t16-/m0/s1. The minimum Gasteiger partial charge on any atom is -0.495 e. The number of aromatic nitrogens is 1. The van der Waals surface area contributed by atoms with Gasteiger partial charge in [0.15, 0.2) is 0 Å². The molecule has 1 aromatic carbocycles. The van der Waals surface area contributed by atoms with Crippen LogP contribution in [-0.4, -0.2) is 17.6 Å². The monoisotopic (exact) mass is 340 g/mol. The Balaban J connectivity index is 1.79. The fourth-order valence-electron chi connectivity index (χ4n) is 2.69. The van der Waals surface area contributed by atoms with Crippen molar-refractivity contribution >= 4 is 22.9 Å². The van der Waals surface area contributed by atoms with Gasteiger partial charge in [-0.15, -0.1) is 11.3 Å². The Labute approximate surface area is 145 Å². The molecule has 2 heterocycles. The Kier molecular flexibility index (Phi) is 5.01. The van der Waals surface area contributed by atoms with Crippen LogP contribution >= 0.6 is 11.3 Å². The van der Waals surface area contributed by atoms with Crippen LogP contribution in [0.15, 0.2) is 60.2 Å². The zero-order chi connectivity index (χ0) is 16.9. The SMILES string of the molecule is COc1ccc(C)cc1NC(=O)C[C@@H](c1cccs1)n1cccc1. The maximum atomic E-state index is 12.6. The number of hydrogen-bond donors (Lipinski definition) is 1. The maximum absolute atomic E-state index is 12.6. The lowest BCUT2D eigenvalue weighted by atomic mass is 10.1. The molecule has 2 aromatic heterocycles. The van der Waals surface area contributed by atoms with Crippen molar-refractivity contribution in [3.8, 4) is 5.75 Å². The summed E-state index contributed by atoms with van der Waals surface area (Å²) >= 11 is 1.66. The van der Waals surface area contributed by atoms with Crippen LogP contribution in [-0.2, 0) is 4.79 Å². The van der Waals surface area contributed by atoms with Crippen molar-refractivity contribution in [2.75, 3.05) is 12.4 Å². The molecule has 5 heteroatoms. The molecule has 1 atom stereocenters. The molecule has 0 bridgehead atoms. The maximum Gasteiger partial charge on any atom is 0.226 e. The molecule has 3 aromatic rings. The fourth-order valence-corrected chi connectivity index (χ4v) is 3.52. The van der Waals surface area contributed by atoms with Gasteiger partial charge in [0.1, 0.15) is 5.75 Å². The summed E-state index contributed by atoms with van der Waals surface area (Å²) in [6, 6.07) is 13.8. The van der Waals surface area contributed by atoms with Gasteiger partial charge in [-0.2, -0.15) is 0 Å². The van der Waals surface area contributed by atoms with Crippen molar-refractivity contribution < 1.29 is 9.53 Å². The van der Waals surface area contributed by atoms with E-state index in [2.05, 4.69) is 16.0 Å². The predicted molar refractivity (Wildman–Crippen MR) is 97.9 cm³/mol. The van der Waals surface area contributed by atoms with Crippen molar-refractivity contribution in [2.24, 2.45) is 0 Å². The Morgan fingerprint density at radius 2 is 2.04 bits per heavy atom. The zero-order valence-corrected chi connectivity index (χ0v) is 14.5. The van der Waals surface area contributed by atoms with Crippen LogP contribution in [0.4, 0.5) is 5.69 Å². The quantitative estimate of drug-likeness (QED) is 0.719. The molecule has 24 heavy (non-hydrogen) atoms. The summed E-state index contributed by atoms with van der Waals surface area (Å²) in [5.41, 5.74) is 1.78. The molecule has 0 aliphatic heterocycles. The Bertz CT molecular complexity index is 761. The minimum atomic E-state index is -0.0361. The molecule has 0 saturated heterocycles. The van der Waals surface area contributed by atoms with Crippen LogP contribution in [0.1, 0.15) is 22.9 Å². The van der Waals surface area contributed by atoms with E-state index in [9.17, 15) is 4.79 Å². The molecule has 1 N–H and O–H groups in total. The second-order valence-electron chi connectivity index (χ2n) is 5.62. The van der Waals surface area contributed by atoms with E-state index < -0.39 is 0 Å². The van der Waals surface area contributed by atoms with Crippen LogP contribution in [0.25, 0.3) is 0 Å². The van der Waals surface area contributed by atoms with Crippen molar-refractivity contribution in [3.05, 3.63) is 70.7 Å². The van der Waals surface area contributed by atoms with Crippen LogP contribution in [0.5, 0.6) is 5.75 Å². The summed E-state index contributed by atoms with van der Waals surface area (Å²) in [7, 11) is 1.61. The van der Waals surface area contributed by atoms with Gasteiger partial charge in [-0.1, -0.05) is 12.1 Å². The highest BCUT2D eigenvalue weighted by molar-refractivity contribution is 7.10. The number of ether oxygens (including phenoxy) is 1. The molecule has 0 saturated carbocycles. The number of hydrogen-bond acceptors (Lipinski definition) is 3. The van der Waals surface area contributed by atoms with Crippen LogP contribution in [0.2, 0.25) is 0 Å². The number of benzene rings is 1. The van der Waals surface area contributed by atoms with Gasteiger partial charge in [0, 0.05) is 17.3 Å². The van der Waals surface area contributed by atoms with Crippen molar-refractivity contribution in [3.63, 3.8) is 0 Å². The highest BCUT2D eigenvalue weighted by Crippen LogP contribution is 2.29. The van der Waals surface area contributed by atoms with Crippen LogP contribution < -0.4 is 10.1 Å². The lowest BCUT2D eigenvalue weighted by Crippen LogP contribution is -2.19. The molecule has 0 unspecified atom stereocenters. The first-order chi connectivity index (χ1) is 11.7. The first-order valence-electron chi connectivity index (χ1n) is 7.77. The normalized spacial score (nSPS) is 11.9. The van der Waals surface area contributed by atoms with Gasteiger partial charge in [-0.05, 0) is 48.2 Å². The topological polar surface area (TPSA) is 43.3 Å². The molecular weight excluding hydrogens is 320 g/mol. The zero-order valence-electron chi connectivity index (χ0n) is 13.7. The van der Waals surface area contributed by atoms with Crippen LogP contribution in [0, 0.1) is 6.92 Å². The first kappa shape index (κ1) is 16.3. The smallest absolute Gasteiger partial charge is 0.226 e. The molecule has 0 radical (unpaired) electrons. The van der Waals surface area contributed by atoms with Crippen molar-refractivity contribution in [1.29, 1.82) is 0 Å². The van der Waals surface area contributed by atoms with E-state index in [1.54, 1.807) is 18.4 Å². The number of thiophene rings is 1. The second kappa shape index (κ2) is 7.36. The molecule has 0 fully saturated rings. The van der Waals surface area contributed by atoms with Gasteiger partial charge in [0.05, 0.1) is 25.3 Å². The number of carbonyl (C=O) groups excluding carboxylic acids is 1. The Hall–Kier alpha value is -2.53. The van der Waals surface area contributed by atoms with Gasteiger partial charge >= 0.3 is 0 Å². The molecule has 0 aliphatic carbocycles. The lowest BCUT2D eigenvalue weighted by molar-refractivity contribution is -0.116. The number of aryl methyl sites for hydroxylation is 1. The van der Waals surface area contributed by atoms with E-state index in [0.29, 0.717) is 17.9 Å². The van der Waals surface area contributed by atoms with Crippen molar-refractivity contribution in [2.45, 2.75) is 19.4 Å². The number of rotatable bonds is 6. The highest BCUT2D eigenvalue weighted by atomic mass is 32.1. The van der Waals surface area contributed by atoms with E-state index >= 15 is 0 Å². The van der Waals surface area contributed by atoms with E-state index in [1.807, 2.05) is 61.1 Å². The third-order valence-corrected chi connectivity index (χ3v) is 4.84. The van der Waals surface area contributed by atoms with E-state index in [1.165, 1.54) is 0 Å². The Morgan fingerprint density at radius 3 is 2.71 bits per heavy atom. The van der Waals surface area contributed by atoms with Gasteiger partial charge in [-0.3, -0.25) is 4.79 Å². The third kappa shape index (κ3) is 3.68. The van der Waals surface area contributed by atoms with Crippen LogP contribution in [0.3, 0.4) is 0 Å². The molecular formula is C19H20N2O2S. The van der Waals surface area contributed by atoms with Gasteiger partial charge in [-0.25, -0.2) is 0 Å². The largest absolute Gasteiger partial charge is 0.495 e. The Morgan fingerprint density at radius 1 is 1.25 bits per heavy atom. The number of amides is 1. The molecule has 0 spiro atoms. The summed E-state index contributed by atoms with van der Waals surface area (Å²) in [5.74, 6) is 0.633. The van der Waals surface area contributed by atoms with E-state index in [-0.39, 0.29) is 11.9 Å². The predicted octanol–water partition coefficient (Wildman–Crippen LogP) is 4.48. The number of anilines is 1. The third-order valence-electron chi connectivity index (χ3n) is 3.87. The number of nitrogens with one attached hydrogen (secondary N) is 1. The summed E-state index contributed by atoms with van der Waals surface area (Å²) in [5, 5.41) is 5.02. The first-order valence-corrected chi connectivity index (χ1v) is 8.65. The highest BCUT2D eigenvalue weighted by Gasteiger charge is 2.19. The molecule has 124 valence electrons. The summed E-state index contributed by atoms with van der Waals surface area (Å²) in [6.45, 7) is 1.99. The molecule has 4 nitrogen and oxygen atoms in total. The average Bonchev–Trinajstić information content (AvgIpc) is 3.27. The van der Waals surface area contributed by atoms with Gasteiger partial charge < -0.3 is 14.6 Å². The van der Waals surface area contributed by atoms with Crippen molar-refractivity contribution in [1.82, 2.24) is 4.57 Å². The molecule has 0 aliphatic rings. The van der Waals surface area contributed by atoms with E-state index in [4.69, 9.17) is 4.74 Å². The fraction of sp³-hybridized carbons (Fsp3) is 0.211. The number of methoxy groups -OCH3 is 1. The summed E-state index contributed by atoms with van der Waals surface area (Å²) in [6.07, 6.45) is 4.35. The molecule has 3 rings (SSSR count). The van der Waals surface area contributed by atoms with E-state index in [0.717, 1.165) is 10.4 Å². The number of carbonyl (C=O) groups is 1. The minimum absolute atomic E-state index is 0.00389. The summed E-state index contributed by atoms with van der Waals surface area (Å²) in [4.78, 5) is 13.8. The second-order valence-corrected chi connectivity index (χ2v) is 6.60. The number of nitrogens with zero attached hydrogens (tertiary/aromatic N) is 1.